The molecule has 13 heteroatoms. The van der Waals surface area contributed by atoms with Gasteiger partial charge in [0, 0.05) is 24.9 Å². The zero-order valence-electron chi connectivity index (χ0n) is 24.0. The second-order valence-corrected chi connectivity index (χ2v) is 10.2. The van der Waals surface area contributed by atoms with E-state index in [1.54, 1.807) is 13.8 Å². The predicted octanol–water partition coefficient (Wildman–Crippen LogP) is 4.65. The largest absolute Gasteiger partial charge is 0.480 e. The molecule has 1 unspecified atom stereocenters. The van der Waals surface area contributed by atoms with E-state index in [2.05, 4.69) is 20.2 Å². The molecule has 1 amide bonds. The molecule has 1 atom stereocenters. The van der Waals surface area contributed by atoms with Gasteiger partial charge < -0.3 is 14.8 Å². The molecular formula is C29H36N6O7. The summed E-state index contributed by atoms with van der Waals surface area (Å²) < 4.78 is 0. The summed E-state index contributed by atoms with van der Waals surface area (Å²) in [5.74, 6) is -1.59. The number of carboxylic acid groups (broad SMARTS) is 1. The first-order chi connectivity index (χ1) is 20.1. The molecule has 1 aromatic heterocycles. The Labute approximate surface area is 243 Å². The van der Waals surface area contributed by atoms with E-state index in [-0.39, 0.29) is 37.2 Å². The Kier molecular flexibility index (Phi) is 11.6. The van der Waals surface area contributed by atoms with Crippen molar-refractivity contribution < 1.29 is 29.4 Å². The third kappa shape index (κ3) is 8.66. The van der Waals surface area contributed by atoms with Crippen molar-refractivity contribution in [3.8, 4) is 22.5 Å². The molecule has 0 saturated carbocycles. The fraction of sp³-hybridized carbons (Fsp3) is 0.448. The highest BCUT2D eigenvalue weighted by Gasteiger charge is 2.32. The number of amides is 1. The van der Waals surface area contributed by atoms with Crippen molar-refractivity contribution in [1.29, 1.82) is 0 Å². The number of aromatic nitrogens is 4. The molecule has 0 bridgehead atoms. The minimum atomic E-state index is -1.02. The lowest BCUT2D eigenvalue weighted by molar-refractivity contribution is -0.757. The highest BCUT2D eigenvalue weighted by Crippen LogP contribution is 2.30. The topological polar surface area (TPSA) is 171 Å². The van der Waals surface area contributed by atoms with Gasteiger partial charge in [0.15, 0.2) is 0 Å². The molecule has 2 aromatic carbocycles. The monoisotopic (exact) mass is 580 g/mol. The van der Waals surface area contributed by atoms with E-state index in [1.807, 2.05) is 55.5 Å². The number of aliphatic carboxylic acids is 1. The smallest absolute Gasteiger partial charge is 0.326 e. The van der Waals surface area contributed by atoms with Gasteiger partial charge in [-0.25, -0.2) is 4.79 Å². The van der Waals surface area contributed by atoms with Gasteiger partial charge in [-0.15, -0.1) is 20.3 Å². The maximum atomic E-state index is 13.0. The molecule has 0 aliphatic rings. The van der Waals surface area contributed by atoms with Crippen molar-refractivity contribution in [1.82, 2.24) is 25.1 Å². The first-order valence-electron chi connectivity index (χ1n) is 13.9. The Balaban J connectivity index is 1.77. The van der Waals surface area contributed by atoms with Gasteiger partial charge in [0.2, 0.25) is 11.7 Å². The fourth-order valence-corrected chi connectivity index (χ4v) is 4.55. The average molecular weight is 581 g/mol. The van der Waals surface area contributed by atoms with Crippen molar-refractivity contribution in [2.75, 3.05) is 6.61 Å². The number of tetrazole rings is 1. The van der Waals surface area contributed by atoms with Crippen LogP contribution in [0.3, 0.4) is 0 Å². The number of benzene rings is 2. The first-order valence-corrected chi connectivity index (χ1v) is 13.9. The van der Waals surface area contributed by atoms with E-state index < -0.39 is 23.0 Å². The van der Waals surface area contributed by atoms with Crippen LogP contribution in [0.15, 0.2) is 48.5 Å². The quantitative estimate of drug-likeness (QED) is 0.143. The van der Waals surface area contributed by atoms with Gasteiger partial charge in [-0.3, -0.25) is 9.59 Å². The molecule has 0 radical (unpaired) electrons. The molecule has 13 nitrogen and oxygen atoms in total. The standard InChI is InChI=1S/C29H36N6O7/c1-4-5-12-25(36)33(27(20(2)3)29(38)39)19-21-14-16-22(17-15-21)23-10-6-7-11-24(23)28-30-32-34(31-28)26(37)13-8-9-18-42-35(40)41/h6-7,10-11,14-17,20,27H,4-5,8-9,12-13,18-19H2,1-3H3,(H,38,39). The van der Waals surface area contributed by atoms with Crippen LogP contribution in [0.25, 0.3) is 22.5 Å². The molecule has 0 spiro atoms. The Hall–Kier alpha value is -4.68. The number of nitrogens with zero attached hydrogens (tertiary/aromatic N) is 6. The summed E-state index contributed by atoms with van der Waals surface area (Å²) in [5, 5.41) is 31.4. The number of carbonyl (C=O) groups excluding carboxylic acids is 2. The molecule has 0 aliphatic heterocycles. The minimum absolute atomic E-state index is 0.0808. The van der Waals surface area contributed by atoms with Crippen LogP contribution >= 0.6 is 0 Å². The lowest BCUT2D eigenvalue weighted by Gasteiger charge is -2.32. The second-order valence-electron chi connectivity index (χ2n) is 10.2. The van der Waals surface area contributed by atoms with Crippen molar-refractivity contribution >= 4 is 17.8 Å². The molecule has 0 aliphatic carbocycles. The SMILES string of the molecule is CCCCC(=O)N(Cc1ccc(-c2ccccc2-c2nnn(C(=O)CCCCO[N+](=O)[O-])n2)cc1)C(C(=O)O)C(C)C. The van der Waals surface area contributed by atoms with Crippen molar-refractivity contribution in [3.05, 3.63) is 64.2 Å². The van der Waals surface area contributed by atoms with Crippen LogP contribution in [0.2, 0.25) is 0 Å². The molecule has 1 N–H and O–H groups in total. The molecule has 0 saturated heterocycles. The molecule has 3 rings (SSSR count). The Morgan fingerprint density at radius 2 is 1.71 bits per heavy atom. The van der Waals surface area contributed by atoms with Crippen LogP contribution < -0.4 is 0 Å². The maximum Gasteiger partial charge on any atom is 0.326 e. The third-order valence-corrected chi connectivity index (χ3v) is 6.69. The maximum absolute atomic E-state index is 13.0. The first kappa shape index (κ1) is 31.8. The molecule has 42 heavy (non-hydrogen) atoms. The lowest BCUT2D eigenvalue weighted by Crippen LogP contribution is -2.47. The molecular weight excluding hydrogens is 544 g/mol. The number of hydrogen-bond acceptors (Lipinski definition) is 9. The Bertz CT molecular complexity index is 1370. The lowest BCUT2D eigenvalue weighted by atomic mass is 9.97. The summed E-state index contributed by atoms with van der Waals surface area (Å²) >= 11 is 0. The van der Waals surface area contributed by atoms with Crippen LogP contribution in [0.1, 0.15) is 69.7 Å². The van der Waals surface area contributed by atoms with E-state index in [0.29, 0.717) is 31.2 Å². The number of hydrogen-bond donors (Lipinski definition) is 1. The van der Waals surface area contributed by atoms with E-state index in [4.69, 9.17) is 0 Å². The van der Waals surface area contributed by atoms with Gasteiger partial charge in [-0.1, -0.05) is 80.5 Å². The molecule has 0 fully saturated rings. The van der Waals surface area contributed by atoms with Gasteiger partial charge in [0.1, 0.15) is 6.04 Å². The number of carboxylic acids is 1. The third-order valence-electron chi connectivity index (χ3n) is 6.69. The van der Waals surface area contributed by atoms with E-state index in [9.17, 15) is 29.6 Å². The van der Waals surface area contributed by atoms with E-state index in [0.717, 1.165) is 27.9 Å². The van der Waals surface area contributed by atoms with Crippen molar-refractivity contribution in [3.63, 3.8) is 0 Å². The van der Waals surface area contributed by atoms with Gasteiger partial charge in [0.05, 0.1) is 6.61 Å². The molecule has 1 heterocycles. The normalized spacial score (nSPS) is 11.7. The second kappa shape index (κ2) is 15.4. The van der Waals surface area contributed by atoms with Crippen molar-refractivity contribution in [2.45, 2.75) is 71.9 Å². The zero-order valence-corrected chi connectivity index (χ0v) is 24.0. The predicted molar refractivity (Wildman–Crippen MR) is 152 cm³/mol. The van der Waals surface area contributed by atoms with Crippen LogP contribution in [-0.4, -0.2) is 65.7 Å². The van der Waals surface area contributed by atoms with Crippen LogP contribution in [0, 0.1) is 16.0 Å². The van der Waals surface area contributed by atoms with E-state index >= 15 is 0 Å². The fourth-order valence-electron chi connectivity index (χ4n) is 4.55. The highest BCUT2D eigenvalue weighted by molar-refractivity contribution is 5.84. The summed E-state index contributed by atoms with van der Waals surface area (Å²) in [6.45, 7) is 5.67. The Morgan fingerprint density at radius 1 is 1.02 bits per heavy atom. The van der Waals surface area contributed by atoms with E-state index in [1.165, 1.54) is 4.90 Å². The summed E-state index contributed by atoms with van der Waals surface area (Å²) in [6, 6.07) is 14.0. The summed E-state index contributed by atoms with van der Waals surface area (Å²) in [5.41, 5.74) is 3.09. The number of carbonyl (C=O) groups is 3. The Morgan fingerprint density at radius 3 is 2.33 bits per heavy atom. The van der Waals surface area contributed by atoms with Crippen LogP contribution in [0.4, 0.5) is 0 Å². The van der Waals surface area contributed by atoms with Crippen LogP contribution in [-0.2, 0) is 21.0 Å². The van der Waals surface area contributed by atoms with Gasteiger partial charge >= 0.3 is 5.97 Å². The number of rotatable bonds is 16. The minimum Gasteiger partial charge on any atom is -0.480 e. The van der Waals surface area contributed by atoms with Crippen molar-refractivity contribution in [2.24, 2.45) is 5.92 Å². The summed E-state index contributed by atoms with van der Waals surface area (Å²) in [4.78, 5) is 54.3. The average Bonchev–Trinajstić information content (AvgIpc) is 3.45. The number of unbranched alkanes of at least 4 members (excludes halogenated alkanes) is 2. The van der Waals surface area contributed by atoms with Gasteiger partial charge in [-0.2, -0.15) is 0 Å². The van der Waals surface area contributed by atoms with Gasteiger partial charge in [0.25, 0.3) is 11.0 Å². The zero-order chi connectivity index (χ0) is 30.6. The van der Waals surface area contributed by atoms with Gasteiger partial charge in [-0.05, 0) is 47.1 Å². The summed E-state index contributed by atoms with van der Waals surface area (Å²) in [7, 11) is 0. The highest BCUT2D eigenvalue weighted by atomic mass is 16.9. The molecule has 3 aromatic rings. The van der Waals surface area contributed by atoms with Crippen LogP contribution in [0.5, 0.6) is 0 Å². The molecule has 224 valence electrons. The summed E-state index contributed by atoms with van der Waals surface area (Å²) in [6.07, 6.45) is 2.62.